The van der Waals surface area contributed by atoms with Gasteiger partial charge in [-0.25, -0.2) is 0 Å². The number of hydrogen-bond donors (Lipinski definition) is 2. The number of fused-ring (bicyclic) bond motifs is 1. The van der Waals surface area contributed by atoms with Gasteiger partial charge in [-0.3, -0.25) is 9.89 Å². The third-order valence-corrected chi connectivity index (χ3v) is 4.86. The minimum Gasteiger partial charge on any atom is -0.369 e. The van der Waals surface area contributed by atoms with Crippen LogP contribution < -0.4 is 10.2 Å². The van der Waals surface area contributed by atoms with Crippen LogP contribution in [0.25, 0.3) is 0 Å². The van der Waals surface area contributed by atoms with Gasteiger partial charge in [0, 0.05) is 49.8 Å². The Hall–Kier alpha value is -2.34. The van der Waals surface area contributed by atoms with Crippen molar-refractivity contribution in [3.05, 3.63) is 41.6 Å². The average molecular weight is 311 g/mol. The summed E-state index contributed by atoms with van der Waals surface area (Å²) >= 11 is 0. The third kappa shape index (κ3) is 2.70. The van der Waals surface area contributed by atoms with Gasteiger partial charge in [0.1, 0.15) is 5.82 Å². The Bertz CT molecular complexity index is 700. The molecule has 2 aliphatic heterocycles. The van der Waals surface area contributed by atoms with Crippen LogP contribution in [-0.4, -0.2) is 54.2 Å². The lowest BCUT2D eigenvalue weighted by Crippen LogP contribution is -2.44. The Morgan fingerprint density at radius 3 is 2.61 bits per heavy atom. The van der Waals surface area contributed by atoms with Gasteiger partial charge in [0.25, 0.3) is 0 Å². The minimum absolute atomic E-state index is 0.0369. The maximum Gasteiger partial charge on any atom is 0.226 e. The topological polar surface area (TPSA) is 64.3 Å². The minimum atomic E-state index is 0.0369. The summed E-state index contributed by atoms with van der Waals surface area (Å²) in [6.07, 6.45) is 2.29. The molecule has 1 aromatic heterocycles. The number of aromatic amines is 1. The molecule has 1 unspecified atom stereocenters. The van der Waals surface area contributed by atoms with Crippen molar-refractivity contribution in [1.29, 1.82) is 0 Å². The van der Waals surface area contributed by atoms with Crippen molar-refractivity contribution in [1.82, 2.24) is 15.1 Å². The average Bonchev–Trinajstić information content (AvgIpc) is 3.03. The van der Waals surface area contributed by atoms with Crippen LogP contribution in [0.1, 0.15) is 23.5 Å². The van der Waals surface area contributed by atoms with E-state index in [-0.39, 0.29) is 11.8 Å². The molecular weight excluding hydrogens is 290 g/mol. The highest BCUT2D eigenvalue weighted by atomic mass is 16.1. The lowest BCUT2D eigenvalue weighted by molar-refractivity contribution is -0.116. The van der Waals surface area contributed by atoms with E-state index in [2.05, 4.69) is 56.6 Å². The van der Waals surface area contributed by atoms with Crippen LogP contribution in [-0.2, 0) is 4.79 Å². The molecule has 1 aromatic carbocycles. The summed E-state index contributed by atoms with van der Waals surface area (Å²) in [5.41, 5.74) is 3.49. The number of likely N-dealkylation sites (N-methyl/N-ethyl adjacent to an activating group) is 1. The van der Waals surface area contributed by atoms with Crippen LogP contribution in [0.3, 0.4) is 0 Å². The number of hydrogen-bond acceptors (Lipinski definition) is 4. The van der Waals surface area contributed by atoms with Crippen molar-refractivity contribution in [2.75, 3.05) is 43.4 Å². The first kappa shape index (κ1) is 14.3. The van der Waals surface area contributed by atoms with E-state index in [1.807, 2.05) is 6.20 Å². The van der Waals surface area contributed by atoms with E-state index < -0.39 is 0 Å². The molecule has 1 saturated heterocycles. The molecule has 2 N–H and O–H groups in total. The number of anilines is 2. The second-order valence-corrected chi connectivity index (χ2v) is 6.39. The van der Waals surface area contributed by atoms with Crippen molar-refractivity contribution < 1.29 is 4.79 Å². The van der Waals surface area contributed by atoms with Crippen molar-refractivity contribution in [2.45, 2.75) is 12.3 Å². The molecule has 6 nitrogen and oxygen atoms in total. The molecule has 3 heterocycles. The Labute approximate surface area is 135 Å². The van der Waals surface area contributed by atoms with Crippen molar-refractivity contribution in [3.8, 4) is 0 Å². The highest BCUT2D eigenvalue weighted by Gasteiger charge is 2.28. The van der Waals surface area contributed by atoms with Crippen LogP contribution in [0.4, 0.5) is 11.5 Å². The number of aromatic nitrogens is 2. The van der Waals surface area contributed by atoms with Gasteiger partial charge in [-0.15, -0.1) is 0 Å². The molecule has 0 bridgehead atoms. The zero-order chi connectivity index (χ0) is 15.8. The van der Waals surface area contributed by atoms with Gasteiger partial charge in [-0.1, -0.05) is 12.1 Å². The largest absolute Gasteiger partial charge is 0.369 e. The second-order valence-electron chi connectivity index (χ2n) is 6.39. The van der Waals surface area contributed by atoms with E-state index in [0.29, 0.717) is 6.42 Å². The Kier molecular flexibility index (Phi) is 3.53. The first-order valence-corrected chi connectivity index (χ1v) is 8.07. The highest BCUT2D eigenvalue weighted by Crippen LogP contribution is 2.36. The highest BCUT2D eigenvalue weighted by molar-refractivity contribution is 5.94. The molecule has 0 radical (unpaired) electrons. The fourth-order valence-corrected chi connectivity index (χ4v) is 3.43. The summed E-state index contributed by atoms with van der Waals surface area (Å²) < 4.78 is 0. The zero-order valence-corrected chi connectivity index (χ0v) is 13.2. The molecule has 0 aliphatic carbocycles. The van der Waals surface area contributed by atoms with Crippen molar-refractivity contribution >= 4 is 17.4 Å². The molecule has 1 atom stereocenters. The van der Waals surface area contributed by atoms with Crippen molar-refractivity contribution in [2.24, 2.45) is 0 Å². The first-order chi connectivity index (χ1) is 11.2. The normalized spacial score (nSPS) is 21.9. The Balaban J connectivity index is 1.56. The Morgan fingerprint density at radius 2 is 1.87 bits per heavy atom. The van der Waals surface area contributed by atoms with Gasteiger partial charge in [0.15, 0.2) is 0 Å². The van der Waals surface area contributed by atoms with Crippen LogP contribution in [0.2, 0.25) is 0 Å². The van der Waals surface area contributed by atoms with Gasteiger partial charge >= 0.3 is 0 Å². The summed E-state index contributed by atoms with van der Waals surface area (Å²) in [5, 5.41) is 9.76. The van der Waals surface area contributed by atoms with Crippen LogP contribution in [0, 0.1) is 0 Å². The molecule has 23 heavy (non-hydrogen) atoms. The van der Waals surface area contributed by atoms with Gasteiger partial charge in [0.05, 0.1) is 6.20 Å². The zero-order valence-electron chi connectivity index (χ0n) is 13.2. The number of rotatable bonds is 2. The quantitative estimate of drug-likeness (QED) is 0.885. The number of carbonyl (C=O) groups excluding carboxylic acids is 1. The van der Waals surface area contributed by atoms with E-state index >= 15 is 0 Å². The van der Waals surface area contributed by atoms with E-state index in [4.69, 9.17) is 0 Å². The van der Waals surface area contributed by atoms with Crippen LogP contribution in [0.5, 0.6) is 0 Å². The van der Waals surface area contributed by atoms with Gasteiger partial charge in [-0.2, -0.15) is 5.10 Å². The lowest BCUT2D eigenvalue weighted by atomic mass is 9.87. The number of carbonyl (C=O) groups is 1. The first-order valence-electron chi connectivity index (χ1n) is 8.07. The summed E-state index contributed by atoms with van der Waals surface area (Å²) in [7, 11) is 2.16. The molecular formula is C17H21N5O. The maximum atomic E-state index is 11.9. The molecule has 1 fully saturated rings. The molecule has 4 rings (SSSR count). The summed E-state index contributed by atoms with van der Waals surface area (Å²) in [6, 6.07) is 8.64. The monoisotopic (exact) mass is 311 g/mol. The standard InChI is InChI=1S/C17H21N5O/c1-21-6-8-22(9-7-21)13-4-2-12(3-5-13)14-10-16(23)19-17-15(14)11-18-20-17/h2-5,11,14H,6-10H2,1H3,(H2,18,19,20,23). The molecule has 6 heteroatoms. The molecule has 0 spiro atoms. The maximum absolute atomic E-state index is 11.9. The molecule has 2 aliphatic rings. The number of nitrogens with one attached hydrogen (secondary N) is 2. The van der Waals surface area contributed by atoms with E-state index in [1.165, 1.54) is 11.3 Å². The predicted octanol–water partition coefficient (Wildman–Crippen LogP) is 1.64. The van der Waals surface area contributed by atoms with E-state index in [0.717, 1.165) is 37.6 Å². The van der Waals surface area contributed by atoms with E-state index in [9.17, 15) is 4.79 Å². The van der Waals surface area contributed by atoms with Gasteiger partial charge in [0.2, 0.25) is 5.91 Å². The van der Waals surface area contributed by atoms with Crippen LogP contribution in [0.15, 0.2) is 30.5 Å². The smallest absolute Gasteiger partial charge is 0.226 e. The number of amides is 1. The molecule has 120 valence electrons. The number of benzene rings is 1. The summed E-state index contributed by atoms with van der Waals surface area (Å²) in [4.78, 5) is 16.7. The van der Waals surface area contributed by atoms with Crippen molar-refractivity contribution in [3.63, 3.8) is 0 Å². The predicted molar refractivity (Wildman–Crippen MR) is 89.8 cm³/mol. The lowest BCUT2D eigenvalue weighted by Gasteiger charge is -2.34. The number of H-pyrrole nitrogens is 1. The summed E-state index contributed by atoms with van der Waals surface area (Å²) in [6.45, 7) is 4.33. The SMILES string of the molecule is CN1CCN(c2ccc(C3CC(=O)Nc4[nH]ncc43)cc2)CC1. The van der Waals surface area contributed by atoms with Gasteiger partial charge < -0.3 is 15.1 Å². The van der Waals surface area contributed by atoms with Crippen LogP contribution >= 0.6 is 0 Å². The fourth-order valence-electron chi connectivity index (χ4n) is 3.43. The van der Waals surface area contributed by atoms with Gasteiger partial charge in [-0.05, 0) is 24.7 Å². The Morgan fingerprint density at radius 1 is 1.13 bits per heavy atom. The molecule has 2 aromatic rings. The fraction of sp³-hybridized carbons (Fsp3) is 0.412. The second kappa shape index (κ2) is 5.70. The van der Waals surface area contributed by atoms with E-state index in [1.54, 1.807) is 0 Å². The molecule has 1 amide bonds. The third-order valence-electron chi connectivity index (χ3n) is 4.86. The number of nitrogens with zero attached hydrogens (tertiary/aromatic N) is 3. The number of piperazine rings is 1. The molecule has 0 saturated carbocycles. The summed E-state index contributed by atoms with van der Waals surface area (Å²) in [5.74, 6) is 0.850.